The molecule has 1 aromatic carbocycles. The third kappa shape index (κ3) is 2.47. The highest BCUT2D eigenvalue weighted by atomic mass is 32.2. The lowest BCUT2D eigenvalue weighted by Crippen LogP contribution is -2.38. The van der Waals surface area contributed by atoms with Gasteiger partial charge in [-0.3, -0.25) is 0 Å². The fourth-order valence-corrected chi connectivity index (χ4v) is 4.97. The van der Waals surface area contributed by atoms with Crippen LogP contribution in [0.1, 0.15) is 25.3 Å². The van der Waals surface area contributed by atoms with Crippen molar-refractivity contribution < 1.29 is 8.42 Å². The van der Waals surface area contributed by atoms with Crippen LogP contribution >= 0.6 is 0 Å². The highest BCUT2D eigenvalue weighted by molar-refractivity contribution is 7.89. The zero-order valence-electron chi connectivity index (χ0n) is 12.5. The summed E-state index contributed by atoms with van der Waals surface area (Å²) >= 11 is 0. The van der Waals surface area contributed by atoms with Crippen molar-refractivity contribution in [1.29, 1.82) is 0 Å². The first-order valence-corrected chi connectivity index (χ1v) is 8.88. The molecule has 3 rings (SSSR count). The van der Waals surface area contributed by atoms with E-state index in [1.54, 1.807) is 16.4 Å². The van der Waals surface area contributed by atoms with Gasteiger partial charge in [-0.25, -0.2) is 8.42 Å². The van der Waals surface area contributed by atoms with Gasteiger partial charge in [0.15, 0.2) is 0 Å². The molecule has 0 spiro atoms. The van der Waals surface area contributed by atoms with Crippen LogP contribution < -0.4 is 0 Å². The molecule has 112 valence electrons. The number of allylic oxidation sites excluding steroid dienone is 2. The molecule has 0 bridgehead atoms. The molecule has 1 aliphatic carbocycles. The van der Waals surface area contributed by atoms with E-state index in [1.807, 2.05) is 26.0 Å². The highest BCUT2D eigenvalue weighted by Gasteiger charge is 2.43. The van der Waals surface area contributed by atoms with Crippen LogP contribution in [0, 0.1) is 12.8 Å². The molecule has 21 heavy (non-hydrogen) atoms. The number of hydrogen-bond acceptors (Lipinski definition) is 2. The highest BCUT2D eigenvalue weighted by Crippen LogP contribution is 2.39. The number of fused-ring (bicyclic) bond motifs is 1. The first-order valence-electron chi connectivity index (χ1n) is 7.44. The van der Waals surface area contributed by atoms with Crippen LogP contribution in [0.25, 0.3) is 0 Å². The predicted molar refractivity (Wildman–Crippen MR) is 84.5 cm³/mol. The Bertz CT molecular complexity index is 686. The molecule has 0 amide bonds. The Hall–Kier alpha value is -1.39. The molecular formula is C17H21NO2S. The van der Waals surface area contributed by atoms with Gasteiger partial charge in [0, 0.05) is 18.5 Å². The van der Waals surface area contributed by atoms with Crippen molar-refractivity contribution >= 4 is 10.0 Å². The van der Waals surface area contributed by atoms with Gasteiger partial charge < -0.3 is 0 Å². The van der Waals surface area contributed by atoms with Crippen molar-refractivity contribution in [2.75, 3.05) is 6.54 Å². The molecule has 0 N–H and O–H groups in total. The second kappa shape index (κ2) is 5.43. The van der Waals surface area contributed by atoms with Crippen molar-refractivity contribution in [1.82, 2.24) is 4.31 Å². The Balaban J connectivity index is 1.99. The monoisotopic (exact) mass is 303 g/mol. The van der Waals surface area contributed by atoms with Crippen LogP contribution in [0.15, 0.2) is 53.0 Å². The molecule has 0 saturated carbocycles. The van der Waals surface area contributed by atoms with Crippen LogP contribution in [0.5, 0.6) is 0 Å². The predicted octanol–water partition coefficient (Wildman–Crippen LogP) is 3.28. The largest absolute Gasteiger partial charge is 0.243 e. The first-order chi connectivity index (χ1) is 10.0. The maximum absolute atomic E-state index is 12.9. The zero-order valence-corrected chi connectivity index (χ0v) is 13.3. The van der Waals surface area contributed by atoms with E-state index in [-0.39, 0.29) is 12.0 Å². The fourth-order valence-electron chi connectivity index (χ4n) is 3.31. The van der Waals surface area contributed by atoms with Gasteiger partial charge in [0.25, 0.3) is 0 Å². The van der Waals surface area contributed by atoms with Gasteiger partial charge in [-0.15, -0.1) is 0 Å². The lowest BCUT2D eigenvalue weighted by Gasteiger charge is -2.28. The topological polar surface area (TPSA) is 37.4 Å². The first kappa shape index (κ1) is 14.5. The molecule has 1 saturated heterocycles. The van der Waals surface area contributed by atoms with Gasteiger partial charge >= 0.3 is 0 Å². The van der Waals surface area contributed by atoms with E-state index in [2.05, 4.69) is 18.2 Å². The molecule has 4 heteroatoms. The molecular weight excluding hydrogens is 282 g/mol. The Labute approximate surface area is 127 Å². The van der Waals surface area contributed by atoms with E-state index in [4.69, 9.17) is 0 Å². The number of nitrogens with zero attached hydrogens (tertiary/aromatic N) is 1. The summed E-state index contributed by atoms with van der Waals surface area (Å²) < 4.78 is 27.6. The number of sulfonamides is 1. The van der Waals surface area contributed by atoms with Crippen LogP contribution in [0.3, 0.4) is 0 Å². The summed E-state index contributed by atoms with van der Waals surface area (Å²) in [4.78, 5) is 0.402. The average molecular weight is 303 g/mol. The molecule has 3 nitrogen and oxygen atoms in total. The van der Waals surface area contributed by atoms with Crippen molar-refractivity contribution in [3.8, 4) is 0 Å². The van der Waals surface area contributed by atoms with Gasteiger partial charge in [-0.1, -0.05) is 41.5 Å². The lowest BCUT2D eigenvalue weighted by atomic mass is 9.88. The summed E-state index contributed by atoms with van der Waals surface area (Å²) in [5, 5.41) is 0. The van der Waals surface area contributed by atoms with Gasteiger partial charge in [0.2, 0.25) is 10.0 Å². The Morgan fingerprint density at radius 1 is 1.24 bits per heavy atom. The minimum Gasteiger partial charge on any atom is -0.207 e. The lowest BCUT2D eigenvalue weighted by molar-refractivity contribution is 0.338. The summed E-state index contributed by atoms with van der Waals surface area (Å²) in [6.07, 6.45) is 8.28. The summed E-state index contributed by atoms with van der Waals surface area (Å²) in [5.74, 6) is 0.254. The smallest absolute Gasteiger partial charge is 0.207 e. The quantitative estimate of drug-likeness (QED) is 0.786. The Morgan fingerprint density at radius 3 is 2.62 bits per heavy atom. The van der Waals surface area contributed by atoms with E-state index in [9.17, 15) is 8.42 Å². The molecule has 1 heterocycles. The maximum Gasteiger partial charge on any atom is 0.243 e. The minimum absolute atomic E-state index is 0.0764. The normalized spacial score (nSPS) is 28.0. The number of aryl methyl sites for hydroxylation is 1. The van der Waals surface area contributed by atoms with Crippen LogP contribution in [-0.2, 0) is 10.0 Å². The SMILES string of the molecule is CC=C1CN(S(=O)(=O)c2ccc(C)cc2)[C@@H]2CCC=C[C@H]12. The van der Waals surface area contributed by atoms with E-state index in [0.717, 1.165) is 18.4 Å². The summed E-state index contributed by atoms with van der Waals surface area (Å²) in [7, 11) is -3.41. The van der Waals surface area contributed by atoms with Crippen molar-refractivity contribution in [3.63, 3.8) is 0 Å². The van der Waals surface area contributed by atoms with E-state index in [1.165, 1.54) is 5.57 Å². The second-order valence-corrected chi connectivity index (χ2v) is 7.72. The molecule has 1 fully saturated rings. The van der Waals surface area contributed by atoms with Crippen LogP contribution in [-0.4, -0.2) is 25.3 Å². The van der Waals surface area contributed by atoms with Crippen molar-refractivity contribution in [2.24, 2.45) is 5.92 Å². The maximum atomic E-state index is 12.9. The summed E-state index contributed by atoms with van der Waals surface area (Å²) in [6, 6.07) is 7.22. The molecule has 1 aromatic rings. The van der Waals surface area contributed by atoms with Crippen LogP contribution in [0.4, 0.5) is 0 Å². The van der Waals surface area contributed by atoms with E-state index >= 15 is 0 Å². The molecule has 1 aliphatic heterocycles. The number of hydrogen-bond donors (Lipinski definition) is 0. The second-order valence-electron chi connectivity index (χ2n) is 5.83. The molecule has 2 aliphatic rings. The molecule has 0 radical (unpaired) electrons. The molecule has 0 aromatic heterocycles. The third-order valence-electron chi connectivity index (χ3n) is 4.52. The number of rotatable bonds is 2. The third-order valence-corrected chi connectivity index (χ3v) is 6.41. The van der Waals surface area contributed by atoms with Gasteiger partial charge in [-0.05, 0) is 38.8 Å². The van der Waals surface area contributed by atoms with Gasteiger partial charge in [-0.2, -0.15) is 4.31 Å². The van der Waals surface area contributed by atoms with Gasteiger partial charge in [0.05, 0.1) is 4.90 Å². The zero-order chi connectivity index (χ0) is 15.0. The van der Waals surface area contributed by atoms with Crippen molar-refractivity contribution in [3.05, 3.63) is 53.6 Å². The molecule has 0 unspecified atom stereocenters. The van der Waals surface area contributed by atoms with E-state index in [0.29, 0.717) is 11.4 Å². The fraction of sp³-hybridized carbons (Fsp3) is 0.412. The minimum atomic E-state index is -3.41. The van der Waals surface area contributed by atoms with E-state index < -0.39 is 10.0 Å². The van der Waals surface area contributed by atoms with Crippen LogP contribution in [0.2, 0.25) is 0 Å². The standard InChI is InChI=1S/C17H21NO2S/c1-3-14-12-18(17-7-5-4-6-16(14)17)21(19,20)15-10-8-13(2)9-11-15/h3-4,6,8-11,16-17H,5,7,12H2,1-2H3/t16-,17-/m1/s1. The Kier molecular flexibility index (Phi) is 3.76. The molecule has 2 atom stereocenters. The number of benzene rings is 1. The van der Waals surface area contributed by atoms with Crippen molar-refractivity contribution in [2.45, 2.75) is 37.6 Å². The summed E-state index contributed by atoms with van der Waals surface area (Å²) in [6.45, 7) is 4.48. The Morgan fingerprint density at radius 2 is 1.95 bits per heavy atom. The average Bonchev–Trinajstić information content (AvgIpc) is 2.87. The van der Waals surface area contributed by atoms with Gasteiger partial charge in [0.1, 0.15) is 0 Å². The summed E-state index contributed by atoms with van der Waals surface area (Å²) in [5.41, 5.74) is 2.29.